The second-order valence-corrected chi connectivity index (χ2v) is 8.12. The van der Waals surface area contributed by atoms with Gasteiger partial charge in [0.05, 0.1) is 18.8 Å². The number of rotatable bonds is 5. The van der Waals surface area contributed by atoms with E-state index in [0.717, 1.165) is 35.1 Å². The number of anilines is 1. The van der Waals surface area contributed by atoms with Crippen LogP contribution in [0.4, 0.5) is 5.69 Å². The Hall–Kier alpha value is -2.38. The fourth-order valence-corrected chi connectivity index (χ4v) is 4.75. The summed E-state index contributed by atoms with van der Waals surface area (Å²) < 4.78 is 6.13. The van der Waals surface area contributed by atoms with E-state index < -0.39 is 0 Å². The van der Waals surface area contributed by atoms with Gasteiger partial charge in [-0.15, -0.1) is 11.3 Å². The zero-order chi connectivity index (χ0) is 18.8. The number of ether oxygens (including phenoxy) is 1. The van der Waals surface area contributed by atoms with Gasteiger partial charge in [-0.25, -0.2) is 4.98 Å². The van der Waals surface area contributed by atoms with Gasteiger partial charge in [-0.3, -0.25) is 4.79 Å². The zero-order valence-corrected chi connectivity index (χ0v) is 16.9. The van der Waals surface area contributed by atoms with E-state index in [1.54, 1.807) is 16.2 Å². The highest BCUT2D eigenvalue weighted by molar-refractivity contribution is 7.14. The molecule has 0 aliphatic carbocycles. The third-order valence-electron chi connectivity index (χ3n) is 4.62. The molecule has 1 atom stereocenters. The number of fused-ring (bicyclic) bond motifs is 1. The second-order valence-electron chi connectivity index (χ2n) is 6.48. The molecule has 7 heteroatoms. The maximum absolute atomic E-state index is 12.8. The van der Waals surface area contributed by atoms with Gasteiger partial charge in [-0.2, -0.15) is 11.3 Å². The topological polar surface area (TPSA) is 45.7 Å². The molecule has 1 amide bonds. The minimum Gasteiger partial charge on any atom is -0.485 e. The van der Waals surface area contributed by atoms with Crippen LogP contribution in [0.2, 0.25) is 0 Å². The Morgan fingerprint density at radius 3 is 2.96 bits per heavy atom. The van der Waals surface area contributed by atoms with Gasteiger partial charge in [0.2, 0.25) is 0 Å². The predicted molar refractivity (Wildman–Crippen MR) is 111 cm³/mol. The smallest absolute Gasteiger partial charge is 0.273 e. The Morgan fingerprint density at radius 2 is 2.19 bits per heavy atom. The summed E-state index contributed by atoms with van der Waals surface area (Å²) in [7, 11) is 1.81. The maximum Gasteiger partial charge on any atom is 0.273 e. The first-order valence-electron chi connectivity index (χ1n) is 8.90. The summed E-state index contributed by atoms with van der Waals surface area (Å²) in [6.45, 7) is 4.33. The molecule has 2 aromatic heterocycles. The first-order chi connectivity index (χ1) is 13.2. The molecule has 5 nitrogen and oxygen atoms in total. The number of thiophene rings is 1. The van der Waals surface area contributed by atoms with Gasteiger partial charge in [0.1, 0.15) is 22.6 Å². The lowest BCUT2D eigenvalue weighted by Crippen LogP contribution is -2.46. The third-order valence-corrected chi connectivity index (χ3v) is 6.20. The summed E-state index contributed by atoms with van der Waals surface area (Å²) in [5.41, 5.74) is 2.68. The van der Waals surface area contributed by atoms with E-state index in [2.05, 4.69) is 22.9 Å². The molecule has 0 unspecified atom stereocenters. The highest BCUT2D eigenvalue weighted by Crippen LogP contribution is 2.33. The molecule has 0 N–H and O–H groups in total. The Balaban J connectivity index is 1.45. The van der Waals surface area contributed by atoms with E-state index in [1.165, 1.54) is 11.3 Å². The summed E-state index contributed by atoms with van der Waals surface area (Å²) >= 11 is 3.13. The van der Waals surface area contributed by atoms with Crippen LogP contribution in [0.15, 0.2) is 46.5 Å². The van der Waals surface area contributed by atoms with E-state index in [0.29, 0.717) is 12.2 Å². The van der Waals surface area contributed by atoms with Crippen LogP contribution in [0.5, 0.6) is 5.75 Å². The first-order valence-corrected chi connectivity index (χ1v) is 10.7. The van der Waals surface area contributed by atoms with Crippen molar-refractivity contribution in [3.05, 3.63) is 52.2 Å². The van der Waals surface area contributed by atoms with Crippen LogP contribution in [0.1, 0.15) is 17.4 Å². The highest BCUT2D eigenvalue weighted by Gasteiger charge is 2.27. The molecule has 3 aromatic rings. The van der Waals surface area contributed by atoms with Crippen molar-refractivity contribution in [2.75, 3.05) is 31.6 Å². The lowest BCUT2D eigenvalue weighted by molar-refractivity contribution is 0.0705. The Kier molecular flexibility index (Phi) is 5.13. The number of carbonyl (C=O) groups excluding carboxylic acids is 1. The standard InChI is InChI=1S/C20H21N3O2S2/c1-3-23-11-15(25-18-7-5-4-6-17(18)23)10-22(2)20(24)16-13-27-19(21-16)14-8-9-26-12-14/h4-9,12-13,15H,3,10-11H2,1-2H3/t15-/m0/s1. The molecule has 0 spiro atoms. The Morgan fingerprint density at radius 1 is 1.33 bits per heavy atom. The minimum atomic E-state index is -0.0711. The SMILES string of the molecule is CCN1C[C@H](CN(C)C(=O)c2csc(-c3ccsc3)n2)Oc2ccccc21. The second kappa shape index (κ2) is 7.70. The van der Waals surface area contributed by atoms with Crippen LogP contribution in [0.3, 0.4) is 0 Å². The summed E-state index contributed by atoms with van der Waals surface area (Å²) in [6, 6.07) is 10.1. The average molecular weight is 400 g/mol. The molecular weight excluding hydrogens is 378 g/mol. The molecule has 0 fully saturated rings. The van der Waals surface area contributed by atoms with Gasteiger partial charge >= 0.3 is 0 Å². The molecule has 140 valence electrons. The van der Waals surface area contributed by atoms with Crippen LogP contribution in [0.25, 0.3) is 10.6 Å². The Labute approximate surface area is 166 Å². The quantitative estimate of drug-likeness (QED) is 0.644. The van der Waals surface area contributed by atoms with Crippen molar-refractivity contribution in [1.29, 1.82) is 0 Å². The summed E-state index contributed by atoms with van der Waals surface area (Å²) in [6.07, 6.45) is -0.0659. The summed E-state index contributed by atoms with van der Waals surface area (Å²) in [5, 5.41) is 6.78. The number of carbonyl (C=O) groups is 1. The molecule has 0 bridgehead atoms. The van der Waals surface area contributed by atoms with Crippen molar-refractivity contribution in [2.24, 2.45) is 0 Å². The number of benzene rings is 1. The van der Waals surface area contributed by atoms with Gasteiger partial charge in [-0.05, 0) is 30.5 Å². The van der Waals surface area contributed by atoms with E-state index >= 15 is 0 Å². The molecule has 4 rings (SSSR count). The number of para-hydroxylation sites is 2. The van der Waals surface area contributed by atoms with Crippen molar-refractivity contribution < 1.29 is 9.53 Å². The minimum absolute atomic E-state index is 0.0659. The monoisotopic (exact) mass is 399 g/mol. The fourth-order valence-electron chi connectivity index (χ4n) is 3.25. The summed E-state index contributed by atoms with van der Waals surface area (Å²) in [4.78, 5) is 21.3. The van der Waals surface area contributed by atoms with Crippen molar-refractivity contribution in [1.82, 2.24) is 9.88 Å². The molecule has 1 aromatic carbocycles. The zero-order valence-electron chi connectivity index (χ0n) is 15.3. The van der Waals surface area contributed by atoms with Crippen molar-refractivity contribution >= 4 is 34.3 Å². The lowest BCUT2D eigenvalue weighted by Gasteiger charge is -2.37. The Bertz CT molecular complexity index is 923. The van der Waals surface area contributed by atoms with E-state index in [4.69, 9.17) is 4.74 Å². The van der Waals surface area contributed by atoms with Gasteiger partial charge in [-0.1, -0.05) is 12.1 Å². The number of hydrogen-bond donors (Lipinski definition) is 0. The molecule has 27 heavy (non-hydrogen) atoms. The number of likely N-dealkylation sites (N-methyl/N-ethyl adjacent to an activating group) is 2. The molecule has 0 saturated heterocycles. The number of nitrogens with zero attached hydrogens (tertiary/aromatic N) is 3. The maximum atomic E-state index is 12.8. The van der Waals surface area contributed by atoms with Crippen LogP contribution >= 0.6 is 22.7 Å². The predicted octanol–water partition coefficient (Wildman–Crippen LogP) is 4.23. The van der Waals surface area contributed by atoms with Crippen LogP contribution < -0.4 is 9.64 Å². The normalized spacial score (nSPS) is 15.9. The highest BCUT2D eigenvalue weighted by atomic mass is 32.1. The molecule has 1 aliphatic rings. The number of amides is 1. The van der Waals surface area contributed by atoms with E-state index in [9.17, 15) is 4.79 Å². The fraction of sp³-hybridized carbons (Fsp3) is 0.300. The van der Waals surface area contributed by atoms with Gasteiger partial charge in [0.15, 0.2) is 0 Å². The number of hydrogen-bond acceptors (Lipinski definition) is 6. The van der Waals surface area contributed by atoms with Crippen molar-refractivity contribution in [3.8, 4) is 16.3 Å². The van der Waals surface area contributed by atoms with E-state index in [1.807, 2.05) is 47.5 Å². The first kappa shape index (κ1) is 18.0. The number of thiazole rings is 1. The summed E-state index contributed by atoms with van der Waals surface area (Å²) in [5.74, 6) is 0.808. The molecule has 3 heterocycles. The van der Waals surface area contributed by atoms with Gasteiger partial charge in [0.25, 0.3) is 5.91 Å². The molecule has 0 saturated carbocycles. The molecular formula is C20H21N3O2S2. The third kappa shape index (κ3) is 3.70. The van der Waals surface area contributed by atoms with Gasteiger partial charge in [0, 0.05) is 29.9 Å². The van der Waals surface area contributed by atoms with Crippen LogP contribution in [-0.4, -0.2) is 48.6 Å². The van der Waals surface area contributed by atoms with Crippen LogP contribution in [-0.2, 0) is 0 Å². The van der Waals surface area contributed by atoms with Gasteiger partial charge < -0.3 is 14.5 Å². The van der Waals surface area contributed by atoms with Crippen LogP contribution in [0, 0.1) is 0 Å². The van der Waals surface area contributed by atoms with E-state index in [-0.39, 0.29) is 12.0 Å². The lowest BCUT2D eigenvalue weighted by atomic mass is 10.2. The largest absolute Gasteiger partial charge is 0.485 e. The van der Waals surface area contributed by atoms with Crippen molar-refractivity contribution in [3.63, 3.8) is 0 Å². The number of aromatic nitrogens is 1. The molecule has 0 radical (unpaired) electrons. The van der Waals surface area contributed by atoms with Crippen molar-refractivity contribution in [2.45, 2.75) is 13.0 Å². The molecule has 1 aliphatic heterocycles. The average Bonchev–Trinajstić information content (AvgIpc) is 3.38.